The minimum absolute atomic E-state index is 0.0540. The molecule has 2 aliphatic rings. The van der Waals surface area contributed by atoms with Gasteiger partial charge in [-0.15, -0.1) is 0 Å². The van der Waals surface area contributed by atoms with Crippen LogP contribution in [0, 0.1) is 0 Å². The van der Waals surface area contributed by atoms with Crippen LogP contribution in [0.1, 0.15) is 102 Å². The molecule has 0 aliphatic carbocycles. The molecule has 14 heteroatoms. The lowest BCUT2D eigenvalue weighted by atomic mass is 9.97. The Morgan fingerprint density at radius 3 is 2.00 bits per heavy atom. The minimum Gasteiger partial charge on any atom is -0.724 e. The normalized spacial score (nSPS) is 19.0. The lowest BCUT2D eigenvalue weighted by Gasteiger charge is -2.39. The fraction of sp³-hybridized carbons (Fsp3) is 0.808. The standard InChI is InChI=1S/C16H36N.C10H14N6O6S/c1-5-9-13-17(14-10-6-2,15-11-7-3)16-12-8-4;1-11-9(13-18)8-7-5(3-12-14(7)2)6-4-15(8)10(17)16(6)22-23(19,20)21/h5-16H2,1-4H3;3,6,8,18H,4H2,1-2H3,(H,11,13)(H,19,20,21)/q+1;/p-1/t;6-,8-/m.0/s1. The van der Waals surface area contributed by atoms with Gasteiger partial charge in [0.05, 0.1) is 44.6 Å². The van der Waals surface area contributed by atoms with E-state index >= 15 is 0 Å². The van der Waals surface area contributed by atoms with Crippen LogP contribution in [0.3, 0.4) is 0 Å². The minimum atomic E-state index is -5.12. The summed E-state index contributed by atoms with van der Waals surface area (Å²) in [5.74, 6) is 0.0634. The summed E-state index contributed by atoms with van der Waals surface area (Å²) in [4.78, 5) is 17.5. The third kappa shape index (κ3) is 8.38. The maximum Gasteiger partial charge on any atom is 0.346 e. The fourth-order valence-electron chi connectivity index (χ4n) is 5.58. The van der Waals surface area contributed by atoms with E-state index in [9.17, 15) is 23.0 Å². The second-order valence-electron chi connectivity index (χ2n) is 10.6. The first-order valence-corrected chi connectivity index (χ1v) is 15.8. The second kappa shape index (κ2) is 15.7. The Hall–Kier alpha value is -2.26. The molecular formula is C26H49N7O6S. The summed E-state index contributed by atoms with van der Waals surface area (Å²) in [7, 11) is -2.08. The zero-order valence-corrected chi connectivity index (χ0v) is 25.8. The topological polar surface area (TPSA) is 152 Å². The van der Waals surface area contributed by atoms with Gasteiger partial charge < -0.3 is 13.9 Å². The van der Waals surface area contributed by atoms with Crippen LogP contribution >= 0.6 is 0 Å². The van der Waals surface area contributed by atoms with Crippen LogP contribution in [-0.2, 0) is 21.7 Å². The number of quaternary nitrogens is 1. The van der Waals surface area contributed by atoms with Gasteiger partial charge in [-0.2, -0.15) is 14.4 Å². The highest BCUT2D eigenvalue weighted by Crippen LogP contribution is 2.44. The van der Waals surface area contributed by atoms with E-state index in [-0.39, 0.29) is 12.4 Å². The van der Waals surface area contributed by atoms with Crippen LogP contribution in [0.15, 0.2) is 11.2 Å². The maximum absolute atomic E-state index is 12.4. The summed E-state index contributed by atoms with van der Waals surface area (Å²) in [6, 6.07) is -2.45. The van der Waals surface area contributed by atoms with Crippen molar-refractivity contribution in [3.63, 3.8) is 0 Å². The summed E-state index contributed by atoms with van der Waals surface area (Å²) in [6.45, 7) is 15.1. The molecule has 1 aromatic heterocycles. The van der Waals surface area contributed by atoms with Gasteiger partial charge in [0.2, 0.25) is 10.4 Å². The van der Waals surface area contributed by atoms with Gasteiger partial charge in [-0.25, -0.2) is 13.2 Å². The summed E-state index contributed by atoms with van der Waals surface area (Å²) in [5, 5.41) is 13.8. The first-order valence-electron chi connectivity index (χ1n) is 14.5. The van der Waals surface area contributed by atoms with Crippen molar-refractivity contribution in [2.75, 3.05) is 39.8 Å². The predicted molar refractivity (Wildman–Crippen MR) is 151 cm³/mol. The number of nitrogens with one attached hydrogen (secondary N) is 1. The smallest absolute Gasteiger partial charge is 0.346 e. The lowest BCUT2D eigenvalue weighted by Crippen LogP contribution is -2.50. The number of amidine groups is 1. The predicted octanol–water partition coefficient (Wildman–Crippen LogP) is 3.66. The number of nitrogens with zero attached hydrogens (tertiary/aromatic N) is 6. The largest absolute Gasteiger partial charge is 0.724 e. The van der Waals surface area contributed by atoms with Crippen molar-refractivity contribution in [2.24, 2.45) is 12.0 Å². The van der Waals surface area contributed by atoms with E-state index in [1.807, 2.05) is 5.48 Å². The van der Waals surface area contributed by atoms with Crippen molar-refractivity contribution in [3.05, 3.63) is 17.5 Å². The molecule has 2 amide bonds. The van der Waals surface area contributed by atoms with Crippen LogP contribution in [0.2, 0.25) is 0 Å². The maximum atomic E-state index is 12.4. The van der Waals surface area contributed by atoms with Gasteiger partial charge in [0.15, 0.2) is 0 Å². The number of hydroxylamine groups is 3. The molecule has 0 unspecified atom stereocenters. The van der Waals surface area contributed by atoms with Crippen molar-refractivity contribution in [1.29, 1.82) is 0 Å². The summed E-state index contributed by atoms with van der Waals surface area (Å²) in [6.07, 6.45) is 12.5. The Labute approximate surface area is 239 Å². The summed E-state index contributed by atoms with van der Waals surface area (Å²) in [5.41, 5.74) is 2.94. The molecule has 2 bridgehead atoms. The van der Waals surface area contributed by atoms with Crippen LogP contribution < -0.4 is 5.48 Å². The number of aromatic nitrogens is 2. The molecule has 1 fully saturated rings. The van der Waals surface area contributed by atoms with E-state index in [2.05, 4.69) is 42.1 Å². The SMILES string of the molecule is CCCC[N+](CCCC)(CCCC)CCCC.CN=C(NO)[C@@H]1c2c(cnn2C)[C@@H]2CN1C(=O)N2OS(=O)(=O)[O-]. The van der Waals surface area contributed by atoms with Gasteiger partial charge in [-0.3, -0.25) is 20.4 Å². The van der Waals surface area contributed by atoms with Gasteiger partial charge in [-0.05, 0) is 25.7 Å². The third-order valence-corrected chi connectivity index (χ3v) is 8.10. The van der Waals surface area contributed by atoms with Gasteiger partial charge in [0, 0.05) is 19.7 Å². The number of fused-ring (bicyclic) bond motifs is 4. The Morgan fingerprint density at radius 2 is 1.60 bits per heavy atom. The van der Waals surface area contributed by atoms with E-state index in [0.717, 1.165) is 0 Å². The number of unbranched alkanes of at least 4 members (excludes halogenated alkanes) is 4. The van der Waals surface area contributed by atoms with Gasteiger partial charge >= 0.3 is 6.03 Å². The average molecular weight is 588 g/mol. The third-order valence-electron chi connectivity index (χ3n) is 7.76. The molecule has 0 saturated carbocycles. The first-order chi connectivity index (χ1) is 19.0. The zero-order valence-electron chi connectivity index (χ0n) is 25.0. The Bertz CT molecular complexity index is 1040. The van der Waals surface area contributed by atoms with Crippen LogP contribution in [0.5, 0.6) is 0 Å². The van der Waals surface area contributed by atoms with E-state index < -0.39 is 28.5 Å². The van der Waals surface area contributed by atoms with Gasteiger partial charge in [0.25, 0.3) is 0 Å². The van der Waals surface area contributed by atoms with Crippen molar-refractivity contribution < 1.29 is 31.7 Å². The number of aryl methyl sites for hydroxylation is 1. The summed E-state index contributed by atoms with van der Waals surface area (Å²) < 4.78 is 39.8. The van der Waals surface area contributed by atoms with Crippen LogP contribution in [-0.4, -0.2) is 94.0 Å². The Kier molecular flexibility index (Phi) is 13.3. The van der Waals surface area contributed by atoms with E-state index in [1.165, 1.54) is 105 Å². The molecule has 2 atom stereocenters. The molecule has 2 N–H and O–H groups in total. The number of aliphatic imine (C=N–C) groups is 1. The number of amides is 2. The molecule has 1 saturated heterocycles. The number of rotatable bonds is 15. The number of hydrogen-bond donors (Lipinski definition) is 2. The van der Waals surface area contributed by atoms with Gasteiger partial charge in [-0.1, -0.05) is 53.4 Å². The first kappa shape index (κ1) is 33.9. The fourth-order valence-corrected chi connectivity index (χ4v) is 5.94. The molecule has 0 spiro atoms. The van der Waals surface area contributed by atoms with Gasteiger partial charge in [0.1, 0.15) is 17.9 Å². The zero-order chi connectivity index (χ0) is 29.9. The molecule has 3 rings (SSSR count). The number of carbonyl (C=O) groups excluding carboxylic acids is 1. The number of urea groups is 1. The molecule has 40 heavy (non-hydrogen) atoms. The monoisotopic (exact) mass is 587 g/mol. The quantitative estimate of drug-likeness (QED) is 0.0788. The van der Waals surface area contributed by atoms with E-state index in [1.54, 1.807) is 7.05 Å². The Balaban J connectivity index is 0.000000296. The molecule has 0 radical (unpaired) electrons. The molecule has 1 aromatic rings. The number of carbonyl (C=O) groups is 1. The molecular weight excluding hydrogens is 538 g/mol. The highest BCUT2D eigenvalue weighted by molar-refractivity contribution is 7.80. The average Bonchev–Trinajstić information content (AvgIpc) is 3.44. The molecule has 3 heterocycles. The molecule has 230 valence electrons. The van der Waals surface area contributed by atoms with Crippen molar-refractivity contribution in [2.45, 2.75) is 91.1 Å². The molecule has 13 nitrogen and oxygen atoms in total. The highest BCUT2D eigenvalue weighted by atomic mass is 32.3. The van der Waals surface area contributed by atoms with Crippen molar-refractivity contribution in [1.82, 2.24) is 25.2 Å². The highest BCUT2D eigenvalue weighted by Gasteiger charge is 2.52. The van der Waals surface area contributed by atoms with E-state index in [4.69, 9.17) is 0 Å². The summed E-state index contributed by atoms with van der Waals surface area (Å²) >= 11 is 0. The number of hydrogen-bond acceptors (Lipinski definition) is 8. The second-order valence-corrected chi connectivity index (χ2v) is 11.6. The van der Waals surface area contributed by atoms with Crippen molar-refractivity contribution >= 4 is 22.3 Å². The van der Waals surface area contributed by atoms with E-state index in [0.29, 0.717) is 16.3 Å². The Morgan fingerprint density at radius 1 is 1.10 bits per heavy atom. The molecule has 0 aromatic carbocycles. The molecule has 2 aliphatic heterocycles. The lowest BCUT2D eigenvalue weighted by molar-refractivity contribution is -0.929. The van der Waals surface area contributed by atoms with Crippen LogP contribution in [0.4, 0.5) is 4.79 Å². The van der Waals surface area contributed by atoms with Crippen LogP contribution in [0.25, 0.3) is 0 Å². The van der Waals surface area contributed by atoms with Crippen molar-refractivity contribution in [3.8, 4) is 0 Å².